The van der Waals surface area contributed by atoms with Gasteiger partial charge in [0.1, 0.15) is 10.9 Å². The number of nitrogens with zero attached hydrogens (tertiary/aromatic N) is 1. The number of halogens is 2. The van der Waals surface area contributed by atoms with E-state index in [4.69, 9.17) is 11.6 Å². The molecule has 1 aliphatic rings. The Balaban J connectivity index is 2.31. The molecule has 1 aromatic rings. The van der Waals surface area contributed by atoms with Crippen LogP contribution >= 0.6 is 27.5 Å². The molecular formula is C10H9BrClNO. The van der Waals surface area contributed by atoms with Crippen LogP contribution in [0, 0.1) is 0 Å². The molecule has 74 valence electrons. The molecule has 14 heavy (non-hydrogen) atoms. The lowest BCUT2D eigenvalue weighted by molar-refractivity contribution is -0.117. The Morgan fingerprint density at radius 1 is 1.57 bits per heavy atom. The number of carbonyl (C=O) groups excluding carboxylic acids is 1. The van der Waals surface area contributed by atoms with Crippen LogP contribution in [-0.2, 0) is 4.79 Å². The molecule has 0 bridgehead atoms. The predicted octanol–water partition coefficient (Wildman–Crippen LogP) is 3.33. The van der Waals surface area contributed by atoms with Gasteiger partial charge in [0.25, 0.3) is 0 Å². The van der Waals surface area contributed by atoms with Crippen LogP contribution in [-0.4, -0.2) is 10.8 Å². The zero-order chi connectivity index (χ0) is 10.1. The van der Waals surface area contributed by atoms with Gasteiger partial charge in [-0.1, -0.05) is 11.6 Å². The van der Waals surface area contributed by atoms with Crippen molar-refractivity contribution in [2.24, 2.45) is 0 Å². The second-order valence-corrected chi connectivity index (χ2v) is 4.79. The summed E-state index contributed by atoms with van der Waals surface area (Å²) in [6.45, 7) is 0. The summed E-state index contributed by atoms with van der Waals surface area (Å²) >= 11 is 9.33. The molecule has 1 atom stereocenters. The number of aromatic nitrogens is 1. The van der Waals surface area contributed by atoms with Crippen molar-refractivity contribution in [1.82, 2.24) is 4.98 Å². The summed E-state index contributed by atoms with van der Waals surface area (Å²) in [7, 11) is 0. The molecule has 0 aliphatic heterocycles. The molecule has 4 heteroatoms. The fourth-order valence-electron chi connectivity index (χ4n) is 1.80. The fraction of sp³-hybridized carbons (Fsp3) is 0.400. The van der Waals surface area contributed by atoms with Gasteiger partial charge in [-0.15, -0.1) is 0 Å². The lowest BCUT2D eigenvalue weighted by atomic mass is 10.00. The summed E-state index contributed by atoms with van der Waals surface area (Å²) in [6, 6.07) is 1.96. The highest BCUT2D eigenvalue weighted by Crippen LogP contribution is 2.36. The molecule has 1 fully saturated rings. The van der Waals surface area contributed by atoms with Gasteiger partial charge >= 0.3 is 0 Å². The Morgan fingerprint density at radius 2 is 2.36 bits per heavy atom. The minimum Gasteiger partial charge on any atom is -0.300 e. The van der Waals surface area contributed by atoms with E-state index in [-0.39, 0.29) is 5.92 Å². The maximum atomic E-state index is 11.1. The van der Waals surface area contributed by atoms with E-state index in [0.29, 0.717) is 23.8 Å². The number of carbonyl (C=O) groups is 1. The standard InChI is InChI=1S/C10H9BrClNO/c11-7-4-9(10(12)13-5-7)6-1-2-8(14)3-6/h4-6H,1-3H2. The van der Waals surface area contributed by atoms with Gasteiger partial charge in [-0.25, -0.2) is 4.98 Å². The van der Waals surface area contributed by atoms with Crippen LogP contribution in [0.25, 0.3) is 0 Å². The van der Waals surface area contributed by atoms with Crippen molar-refractivity contribution >= 4 is 33.3 Å². The molecule has 0 N–H and O–H groups in total. The summed E-state index contributed by atoms with van der Waals surface area (Å²) in [5, 5.41) is 0.521. The molecular weight excluding hydrogens is 265 g/mol. The molecule has 1 aliphatic carbocycles. The van der Waals surface area contributed by atoms with E-state index >= 15 is 0 Å². The van der Waals surface area contributed by atoms with Crippen molar-refractivity contribution in [3.05, 3.63) is 27.5 Å². The minimum absolute atomic E-state index is 0.264. The third-order valence-corrected chi connectivity index (χ3v) is 3.27. The van der Waals surface area contributed by atoms with Crippen molar-refractivity contribution in [3.8, 4) is 0 Å². The number of rotatable bonds is 1. The summed E-state index contributed by atoms with van der Waals surface area (Å²) in [6.07, 6.45) is 3.85. The smallest absolute Gasteiger partial charge is 0.133 e. The number of ketones is 1. The predicted molar refractivity (Wildman–Crippen MR) is 58.5 cm³/mol. The van der Waals surface area contributed by atoms with E-state index in [0.717, 1.165) is 16.5 Å². The van der Waals surface area contributed by atoms with Gasteiger partial charge in [-0.05, 0) is 39.9 Å². The lowest BCUT2D eigenvalue weighted by Gasteiger charge is -2.09. The Morgan fingerprint density at radius 3 is 3.00 bits per heavy atom. The monoisotopic (exact) mass is 273 g/mol. The van der Waals surface area contributed by atoms with Gasteiger partial charge in [0, 0.05) is 23.5 Å². The maximum absolute atomic E-state index is 11.1. The van der Waals surface area contributed by atoms with Crippen LogP contribution in [0.2, 0.25) is 5.15 Å². The molecule has 2 nitrogen and oxygen atoms in total. The van der Waals surface area contributed by atoms with Gasteiger partial charge in [0.2, 0.25) is 0 Å². The average Bonchev–Trinajstić information content (AvgIpc) is 2.56. The maximum Gasteiger partial charge on any atom is 0.133 e. The minimum atomic E-state index is 0.264. The van der Waals surface area contributed by atoms with E-state index in [9.17, 15) is 4.79 Å². The van der Waals surface area contributed by atoms with E-state index < -0.39 is 0 Å². The molecule has 1 aromatic heterocycles. The molecule has 0 spiro atoms. The van der Waals surface area contributed by atoms with Crippen LogP contribution in [0.15, 0.2) is 16.7 Å². The van der Waals surface area contributed by atoms with E-state index in [1.807, 2.05) is 6.07 Å². The molecule has 0 amide bonds. The van der Waals surface area contributed by atoms with Crippen LogP contribution < -0.4 is 0 Å². The first-order valence-corrected chi connectivity index (χ1v) is 5.66. The van der Waals surface area contributed by atoms with E-state index in [2.05, 4.69) is 20.9 Å². The quantitative estimate of drug-likeness (QED) is 0.735. The Bertz CT molecular complexity index is 380. The van der Waals surface area contributed by atoms with Crippen LogP contribution in [0.5, 0.6) is 0 Å². The Kier molecular flexibility index (Phi) is 2.88. The molecule has 1 saturated carbocycles. The summed E-state index contributed by atoms with van der Waals surface area (Å²) in [5.41, 5.74) is 0.992. The zero-order valence-corrected chi connectivity index (χ0v) is 9.81. The first kappa shape index (κ1) is 10.1. The number of pyridine rings is 1. The van der Waals surface area contributed by atoms with Crippen molar-refractivity contribution < 1.29 is 4.79 Å². The van der Waals surface area contributed by atoms with Crippen molar-refractivity contribution in [2.75, 3.05) is 0 Å². The molecule has 0 aromatic carbocycles. The van der Waals surface area contributed by atoms with Crippen molar-refractivity contribution in [1.29, 1.82) is 0 Å². The van der Waals surface area contributed by atoms with Gasteiger partial charge in [0.15, 0.2) is 0 Å². The number of Topliss-reactive ketones (excluding diaryl/α,β-unsaturated/α-hetero) is 1. The second kappa shape index (κ2) is 3.99. The van der Waals surface area contributed by atoms with Gasteiger partial charge in [-0.3, -0.25) is 4.79 Å². The van der Waals surface area contributed by atoms with Gasteiger partial charge in [-0.2, -0.15) is 0 Å². The van der Waals surface area contributed by atoms with Crippen LogP contribution in [0.4, 0.5) is 0 Å². The SMILES string of the molecule is O=C1CCC(c2cc(Br)cnc2Cl)C1. The second-order valence-electron chi connectivity index (χ2n) is 3.51. The van der Waals surface area contributed by atoms with Gasteiger partial charge < -0.3 is 0 Å². The molecule has 2 rings (SSSR count). The topological polar surface area (TPSA) is 30.0 Å². The summed E-state index contributed by atoms with van der Waals surface area (Å²) in [4.78, 5) is 15.2. The largest absolute Gasteiger partial charge is 0.300 e. The van der Waals surface area contributed by atoms with E-state index in [1.165, 1.54) is 0 Å². The third-order valence-electron chi connectivity index (χ3n) is 2.52. The van der Waals surface area contributed by atoms with Crippen LogP contribution in [0.1, 0.15) is 30.7 Å². The highest BCUT2D eigenvalue weighted by atomic mass is 79.9. The number of hydrogen-bond acceptors (Lipinski definition) is 2. The van der Waals surface area contributed by atoms with Crippen LogP contribution in [0.3, 0.4) is 0 Å². The molecule has 1 unspecified atom stereocenters. The average molecular weight is 275 g/mol. The highest BCUT2D eigenvalue weighted by Gasteiger charge is 2.25. The Hall–Kier alpha value is -0.410. The zero-order valence-electron chi connectivity index (χ0n) is 7.46. The summed E-state index contributed by atoms with van der Waals surface area (Å²) in [5.74, 6) is 0.589. The molecule has 0 saturated heterocycles. The highest BCUT2D eigenvalue weighted by molar-refractivity contribution is 9.10. The summed E-state index contributed by atoms with van der Waals surface area (Å²) < 4.78 is 0.913. The first-order chi connectivity index (χ1) is 6.66. The van der Waals surface area contributed by atoms with Crippen molar-refractivity contribution in [3.63, 3.8) is 0 Å². The Labute approximate surface area is 95.8 Å². The van der Waals surface area contributed by atoms with Crippen molar-refractivity contribution in [2.45, 2.75) is 25.2 Å². The molecule has 1 heterocycles. The number of hydrogen-bond donors (Lipinski definition) is 0. The van der Waals surface area contributed by atoms with Gasteiger partial charge in [0.05, 0.1) is 0 Å². The fourth-order valence-corrected chi connectivity index (χ4v) is 2.41. The first-order valence-electron chi connectivity index (χ1n) is 4.49. The lowest BCUT2D eigenvalue weighted by Crippen LogP contribution is -1.96. The van der Waals surface area contributed by atoms with E-state index in [1.54, 1.807) is 6.20 Å². The molecule has 0 radical (unpaired) electrons. The normalized spacial score (nSPS) is 21.6. The third kappa shape index (κ3) is 1.98.